The van der Waals surface area contributed by atoms with Crippen LogP contribution in [0.15, 0.2) is 28.7 Å². The fraction of sp³-hybridized carbons (Fsp3) is 0.182. The standard InChI is InChI=1S/C11H11BrN2O4/c12-7-4-2-1-3-6(7)10(16)14-8(11(17)18)5-9(13)15/h1-4,8H,5H2,(H2,13,15)(H,14,16)(H,17,18)/t8-/m0/s1. The number of benzene rings is 1. The summed E-state index contributed by atoms with van der Waals surface area (Å²) in [6, 6.07) is 5.21. The van der Waals surface area contributed by atoms with Crippen LogP contribution in [0.2, 0.25) is 0 Å². The van der Waals surface area contributed by atoms with Gasteiger partial charge in [0.25, 0.3) is 5.91 Å². The van der Waals surface area contributed by atoms with Gasteiger partial charge in [-0.25, -0.2) is 4.79 Å². The van der Waals surface area contributed by atoms with Crippen molar-refractivity contribution in [2.75, 3.05) is 0 Å². The summed E-state index contributed by atoms with van der Waals surface area (Å²) in [7, 11) is 0. The molecule has 0 aliphatic carbocycles. The smallest absolute Gasteiger partial charge is 0.326 e. The molecule has 6 nitrogen and oxygen atoms in total. The molecule has 4 N–H and O–H groups in total. The number of carbonyl (C=O) groups is 3. The van der Waals surface area contributed by atoms with Crippen LogP contribution in [0.5, 0.6) is 0 Å². The monoisotopic (exact) mass is 314 g/mol. The van der Waals surface area contributed by atoms with E-state index in [0.29, 0.717) is 4.47 Å². The van der Waals surface area contributed by atoms with Crippen LogP contribution in [-0.4, -0.2) is 28.9 Å². The second-order valence-corrected chi connectivity index (χ2v) is 4.37. The van der Waals surface area contributed by atoms with Gasteiger partial charge >= 0.3 is 5.97 Å². The van der Waals surface area contributed by atoms with Crippen LogP contribution in [0, 0.1) is 0 Å². The molecule has 18 heavy (non-hydrogen) atoms. The first-order chi connectivity index (χ1) is 8.41. The first-order valence-electron chi connectivity index (χ1n) is 4.98. The van der Waals surface area contributed by atoms with Crippen LogP contribution >= 0.6 is 15.9 Å². The van der Waals surface area contributed by atoms with Crippen LogP contribution in [-0.2, 0) is 9.59 Å². The number of amides is 2. The van der Waals surface area contributed by atoms with E-state index >= 15 is 0 Å². The maximum atomic E-state index is 11.8. The van der Waals surface area contributed by atoms with E-state index in [1.165, 1.54) is 6.07 Å². The van der Waals surface area contributed by atoms with Gasteiger partial charge in [-0.3, -0.25) is 9.59 Å². The Labute approximate surface area is 111 Å². The fourth-order valence-electron chi connectivity index (χ4n) is 1.28. The van der Waals surface area contributed by atoms with Crippen molar-refractivity contribution >= 4 is 33.7 Å². The van der Waals surface area contributed by atoms with Crippen LogP contribution in [0.4, 0.5) is 0 Å². The molecule has 1 aromatic carbocycles. The molecule has 0 heterocycles. The van der Waals surface area contributed by atoms with Gasteiger partial charge in [0.1, 0.15) is 6.04 Å². The zero-order valence-electron chi connectivity index (χ0n) is 9.22. The van der Waals surface area contributed by atoms with Gasteiger partial charge in [0.2, 0.25) is 5.91 Å². The number of hydrogen-bond acceptors (Lipinski definition) is 3. The third-order valence-electron chi connectivity index (χ3n) is 2.13. The predicted molar refractivity (Wildman–Crippen MR) is 66.8 cm³/mol. The molecule has 0 spiro atoms. The van der Waals surface area contributed by atoms with Gasteiger partial charge in [0.15, 0.2) is 0 Å². The van der Waals surface area contributed by atoms with Crippen molar-refractivity contribution in [3.8, 4) is 0 Å². The normalized spacial score (nSPS) is 11.6. The Morgan fingerprint density at radius 3 is 2.44 bits per heavy atom. The van der Waals surface area contributed by atoms with Crippen molar-refractivity contribution in [2.45, 2.75) is 12.5 Å². The summed E-state index contributed by atoms with van der Waals surface area (Å²) < 4.78 is 0.533. The number of carboxylic acids is 1. The lowest BCUT2D eigenvalue weighted by molar-refractivity contribution is -0.140. The Morgan fingerprint density at radius 2 is 1.94 bits per heavy atom. The molecule has 0 radical (unpaired) electrons. The molecular weight excluding hydrogens is 304 g/mol. The van der Waals surface area contributed by atoms with Gasteiger partial charge in [0, 0.05) is 4.47 Å². The summed E-state index contributed by atoms with van der Waals surface area (Å²) in [6.45, 7) is 0. The third kappa shape index (κ3) is 3.85. The summed E-state index contributed by atoms with van der Waals surface area (Å²) in [6.07, 6.45) is -0.453. The average Bonchev–Trinajstić information content (AvgIpc) is 2.27. The topological polar surface area (TPSA) is 109 Å². The van der Waals surface area contributed by atoms with Crippen molar-refractivity contribution < 1.29 is 19.5 Å². The minimum absolute atomic E-state index is 0.285. The molecule has 0 saturated heterocycles. The van der Waals surface area contributed by atoms with E-state index in [4.69, 9.17) is 10.8 Å². The highest BCUT2D eigenvalue weighted by molar-refractivity contribution is 9.10. The molecule has 0 aromatic heterocycles. The molecule has 1 rings (SSSR count). The van der Waals surface area contributed by atoms with Gasteiger partial charge in [-0.2, -0.15) is 0 Å². The number of carboxylic acid groups (broad SMARTS) is 1. The molecule has 0 bridgehead atoms. The number of hydrogen-bond donors (Lipinski definition) is 3. The Morgan fingerprint density at radius 1 is 1.33 bits per heavy atom. The van der Waals surface area contributed by atoms with Crippen LogP contribution in [0.1, 0.15) is 16.8 Å². The van der Waals surface area contributed by atoms with E-state index in [-0.39, 0.29) is 5.56 Å². The van der Waals surface area contributed by atoms with Crippen molar-refractivity contribution in [3.05, 3.63) is 34.3 Å². The van der Waals surface area contributed by atoms with Gasteiger partial charge in [-0.05, 0) is 28.1 Å². The minimum Gasteiger partial charge on any atom is -0.480 e. The maximum Gasteiger partial charge on any atom is 0.326 e. The van der Waals surface area contributed by atoms with E-state index in [2.05, 4.69) is 21.2 Å². The molecule has 1 atom stereocenters. The number of primary amides is 1. The first-order valence-corrected chi connectivity index (χ1v) is 5.77. The molecule has 7 heteroatoms. The molecule has 0 saturated carbocycles. The van der Waals surface area contributed by atoms with Crippen LogP contribution < -0.4 is 11.1 Å². The summed E-state index contributed by atoms with van der Waals surface area (Å²) >= 11 is 3.17. The van der Waals surface area contributed by atoms with E-state index in [1.54, 1.807) is 18.2 Å². The lowest BCUT2D eigenvalue weighted by Gasteiger charge is -2.13. The van der Waals surface area contributed by atoms with Crippen molar-refractivity contribution in [1.82, 2.24) is 5.32 Å². The number of carbonyl (C=O) groups excluding carboxylic acids is 2. The zero-order valence-corrected chi connectivity index (χ0v) is 10.8. The number of nitrogens with one attached hydrogen (secondary N) is 1. The lowest BCUT2D eigenvalue weighted by atomic mass is 10.1. The zero-order chi connectivity index (χ0) is 13.7. The van der Waals surface area contributed by atoms with E-state index in [9.17, 15) is 14.4 Å². The average molecular weight is 315 g/mol. The summed E-state index contributed by atoms with van der Waals surface area (Å²) in [4.78, 5) is 33.4. The highest BCUT2D eigenvalue weighted by Crippen LogP contribution is 2.15. The van der Waals surface area contributed by atoms with E-state index in [1.807, 2.05) is 0 Å². The number of nitrogens with two attached hydrogens (primary N) is 1. The number of rotatable bonds is 5. The second-order valence-electron chi connectivity index (χ2n) is 3.51. The van der Waals surface area contributed by atoms with Gasteiger partial charge in [-0.15, -0.1) is 0 Å². The molecule has 1 aromatic rings. The number of aliphatic carboxylic acids is 1. The summed E-state index contributed by atoms with van der Waals surface area (Å²) in [5, 5.41) is 11.1. The predicted octanol–water partition coefficient (Wildman–Crippen LogP) is 0.507. The second kappa shape index (κ2) is 6.15. The van der Waals surface area contributed by atoms with Gasteiger partial charge < -0.3 is 16.2 Å². The van der Waals surface area contributed by atoms with Crippen molar-refractivity contribution in [3.63, 3.8) is 0 Å². The van der Waals surface area contributed by atoms with Crippen molar-refractivity contribution in [1.29, 1.82) is 0 Å². The van der Waals surface area contributed by atoms with Crippen LogP contribution in [0.25, 0.3) is 0 Å². The molecule has 0 aliphatic heterocycles. The van der Waals surface area contributed by atoms with Crippen LogP contribution in [0.3, 0.4) is 0 Å². The van der Waals surface area contributed by atoms with Gasteiger partial charge in [0.05, 0.1) is 12.0 Å². The van der Waals surface area contributed by atoms with E-state index < -0.39 is 30.2 Å². The van der Waals surface area contributed by atoms with Gasteiger partial charge in [-0.1, -0.05) is 12.1 Å². The highest BCUT2D eigenvalue weighted by Gasteiger charge is 2.23. The first kappa shape index (κ1) is 14.2. The SMILES string of the molecule is NC(=O)C[C@H](NC(=O)c1ccccc1Br)C(=O)O. The largest absolute Gasteiger partial charge is 0.480 e. The quantitative estimate of drug-likeness (QED) is 0.735. The molecule has 0 unspecified atom stereocenters. The Kier molecular flexibility index (Phi) is 4.85. The molecule has 2 amide bonds. The Bertz CT molecular complexity index is 490. The summed E-state index contributed by atoms with van der Waals surface area (Å²) in [5.41, 5.74) is 5.20. The number of halogens is 1. The summed E-state index contributed by atoms with van der Waals surface area (Å²) in [5.74, 6) is -2.69. The lowest BCUT2D eigenvalue weighted by Crippen LogP contribution is -2.43. The highest BCUT2D eigenvalue weighted by atomic mass is 79.9. The molecular formula is C11H11BrN2O4. The molecule has 0 fully saturated rings. The van der Waals surface area contributed by atoms with Crippen molar-refractivity contribution in [2.24, 2.45) is 5.73 Å². The minimum atomic E-state index is -1.33. The fourth-order valence-corrected chi connectivity index (χ4v) is 1.75. The Hall–Kier alpha value is -1.89. The third-order valence-corrected chi connectivity index (χ3v) is 2.82. The Balaban J connectivity index is 2.82. The van der Waals surface area contributed by atoms with E-state index in [0.717, 1.165) is 0 Å². The molecule has 0 aliphatic rings. The molecule has 96 valence electrons. The maximum absolute atomic E-state index is 11.8.